The van der Waals surface area contributed by atoms with Crippen molar-refractivity contribution >= 4 is 29.2 Å². The lowest BCUT2D eigenvalue weighted by Gasteiger charge is -2.27. The fourth-order valence-electron chi connectivity index (χ4n) is 2.44. The highest BCUT2D eigenvalue weighted by molar-refractivity contribution is 7.99. The number of thioether (sulfide) groups is 1. The number of nitrogens with zero attached hydrogens (tertiary/aromatic N) is 2. The Hall–Kier alpha value is -2.05. The second kappa shape index (κ2) is 8.70. The molecule has 0 atom stereocenters. The molecule has 1 aliphatic heterocycles. The summed E-state index contributed by atoms with van der Waals surface area (Å²) in [5.74, 6) is 1.70. The third-order valence-electron chi connectivity index (χ3n) is 3.71. The van der Waals surface area contributed by atoms with Crippen LogP contribution < -0.4 is 10.2 Å². The molecular weight excluding hydrogens is 322 g/mol. The summed E-state index contributed by atoms with van der Waals surface area (Å²) in [4.78, 5) is 19.8. The maximum absolute atomic E-state index is 12.0. The van der Waals surface area contributed by atoms with Gasteiger partial charge in [-0.25, -0.2) is 4.98 Å². The van der Waals surface area contributed by atoms with E-state index in [1.807, 2.05) is 30.3 Å². The van der Waals surface area contributed by atoms with Gasteiger partial charge in [-0.15, -0.1) is 11.8 Å². The van der Waals surface area contributed by atoms with Gasteiger partial charge in [0.25, 0.3) is 0 Å². The quantitative estimate of drug-likeness (QED) is 0.817. The molecule has 5 nitrogen and oxygen atoms in total. The van der Waals surface area contributed by atoms with Crippen LogP contribution in [0.4, 0.5) is 11.5 Å². The minimum Gasteiger partial charge on any atom is -0.378 e. The van der Waals surface area contributed by atoms with Crippen LogP contribution >= 0.6 is 11.8 Å². The van der Waals surface area contributed by atoms with Gasteiger partial charge in [0.05, 0.1) is 25.1 Å². The smallest absolute Gasteiger partial charge is 0.225 e. The van der Waals surface area contributed by atoms with Crippen molar-refractivity contribution in [1.82, 2.24) is 4.98 Å². The molecule has 1 fully saturated rings. The number of ether oxygens (including phenoxy) is 1. The van der Waals surface area contributed by atoms with Crippen molar-refractivity contribution < 1.29 is 9.53 Å². The van der Waals surface area contributed by atoms with Crippen molar-refractivity contribution in [3.05, 3.63) is 48.7 Å². The number of pyridine rings is 1. The van der Waals surface area contributed by atoms with Crippen molar-refractivity contribution in [2.75, 3.05) is 42.3 Å². The van der Waals surface area contributed by atoms with Crippen molar-refractivity contribution in [2.45, 2.75) is 11.3 Å². The van der Waals surface area contributed by atoms with E-state index in [4.69, 9.17) is 4.74 Å². The van der Waals surface area contributed by atoms with E-state index < -0.39 is 0 Å². The van der Waals surface area contributed by atoms with Gasteiger partial charge in [0.2, 0.25) is 5.91 Å². The number of carbonyl (C=O) groups excluding carboxylic acids is 1. The molecule has 1 aromatic carbocycles. The zero-order valence-electron chi connectivity index (χ0n) is 13.5. The monoisotopic (exact) mass is 343 g/mol. The first-order chi connectivity index (χ1) is 11.8. The van der Waals surface area contributed by atoms with E-state index in [-0.39, 0.29) is 5.91 Å². The minimum absolute atomic E-state index is 0.0133. The molecule has 1 aromatic heterocycles. The van der Waals surface area contributed by atoms with Gasteiger partial charge < -0.3 is 15.0 Å². The fraction of sp³-hybridized carbons (Fsp3) is 0.333. The molecular formula is C18H21N3O2S. The average Bonchev–Trinajstić information content (AvgIpc) is 2.64. The molecule has 1 amide bonds. The topological polar surface area (TPSA) is 54.5 Å². The molecule has 2 heterocycles. The Kier molecular flexibility index (Phi) is 6.09. The number of hydrogen-bond donors (Lipinski definition) is 1. The van der Waals surface area contributed by atoms with Gasteiger partial charge in [-0.3, -0.25) is 4.79 Å². The molecule has 0 spiro atoms. The molecule has 1 saturated heterocycles. The Morgan fingerprint density at radius 3 is 2.67 bits per heavy atom. The molecule has 24 heavy (non-hydrogen) atoms. The largest absolute Gasteiger partial charge is 0.378 e. The number of anilines is 2. The number of benzene rings is 1. The Labute approximate surface area is 146 Å². The summed E-state index contributed by atoms with van der Waals surface area (Å²) >= 11 is 1.69. The Morgan fingerprint density at radius 2 is 1.96 bits per heavy atom. The number of rotatable bonds is 6. The number of hydrogen-bond acceptors (Lipinski definition) is 5. The first-order valence-corrected chi connectivity index (χ1v) is 9.06. The second-order valence-corrected chi connectivity index (χ2v) is 6.63. The van der Waals surface area contributed by atoms with Crippen molar-refractivity contribution in [3.8, 4) is 0 Å². The molecule has 1 N–H and O–H groups in total. The SMILES string of the molecule is O=C(CCSc1ccccc1)Nc1ccc(N2CCOCC2)nc1. The van der Waals surface area contributed by atoms with Crippen LogP contribution in [-0.4, -0.2) is 42.9 Å². The average molecular weight is 343 g/mol. The third-order valence-corrected chi connectivity index (χ3v) is 4.72. The molecule has 126 valence electrons. The van der Waals surface area contributed by atoms with Crippen LogP contribution in [-0.2, 0) is 9.53 Å². The lowest BCUT2D eigenvalue weighted by Crippen LogP contribution is -2.36. The van der Waals surface area contributed by atoms with E-state index in [1.165, 1.54) is 4.90 Å². The summed E-state index contributed by atoms with van der Waals surface area (Å²) < 4.78 is 5.34. The third kappa shape index (κ3) is 4.97. The predicted molar refractivity (Wildman–Crippen MR) is 97.7 cm³/mol. The minimum atomic E-state index is 0.0133. The van der Waals surface area contributed by atoms with E-state index in [1.54, 1.807) is 18.0 Å². The summed E-state index contributed by atoms with van der Waals surface area (Å²) in [6, 6.07) is 14.0. The fourth-order valence-corrected chi connectivity index (χ4v) is 3.31. The van der Waals surface area contributed by atoms with E-state index in [0.29, 0.717) is 6.42 Å². The van der Waals surface area contributed by atoms with Gasteiger partial charge in [0.1, 0.15) is 5.82 Å². The molecule has 0 saturated carbocycles. The Morgan fingerprint density at radius 1 is 1.17 bits per heavy atom. The number of carbonyl (C=O) groups is 1. The molecule has 3 rings (SSSR count). The Bertz CT molecular complexity index is 643. The van der Waals surface area contributed by atoms with Gasteiger partial charge in [-0.2, -0.15) is 0 Å². The molecule has 0 bridgehead atoms. The molecule has 0 unspecified atom stereocenters. The summed E-state index contributed by atoms with van der Waals surface area (Å²) in [7, 11) is 0. The molecule has 6 heteroatoms. The zero-order chi connectivity index (χ0) is 16.6. The van der Waals surface area contributed by atoms with Crippen LogP contribution in [0.3, 0.4) is 0 Å². The molecule has 0 aliphatic carbocycles. The van der Waals surface area contributed by atoms with Crippen LogP contribution in [0, 0.1) is 0 Å². The standard InChI is InChI=1S/C18H21N3O2S/c22-18(8-13-24-16-4-2-1-3-5-16)20-15-6-7-17(19-14-15)21-9-11-23-12-10-21/h1-7,14H,8-13H2,(H,20,22). The van der Waals surface area contributed by atoms with Crippen LogP contribution in [0.1, 0.15) is 6.42 Å². The summed E-state index contributed by atoms with van der Waals surface area (Å²) in [6.45, 7) is 3.18. The van der Waals surface area contributed by atoms with E-state index in [0.717, 1.165) is 43.6 Å². The van der Waals surface area contributed by atoms with E-state index in [9.17, 15) is 4.79 Å². The predicted octanol–water partition coefficient (Wildman–Crippen LogP) is 3.04. The number of amides is 1. The highest BCUT2D eigenvalue weighted by atomic mass is 32.2. The van der Waals surface area contributed by atoms with E-state index in [2.05, 4.69) is 27.3 Å². The maximum Gasteiger partial charge on any atom is 0.225 e. The number of nitrogens with one attached hydrogen (secondary N) is 1. The number of aromatic nitrogens is 1. The normalized spacial score (nSPS) is 14.4. The highest BCUT2D eigenvalue weighted by Gasteiger charge is 2.12. The van der Waals surface area contributed by atoms with Crippen LogP contribution in [0.5, 0.6) is 0 Å². The van der Waals surface area contributed by atoms with Gasteiger partial charge in [0, 0.05) is 30.2 Å². The molecule has 2 aromatic rings. The van der Waals surface area contributed by atoms with Crippen LogP contribution in [0.15, 0.2) is 53.6 Å². The van der Waals surface area contributed by atoms with Crippen LogP contribution in [0.25, 0.3) is 0 Å². The summed E-state index contributed by atoms with van der Waals surface area (Å²) in [5.41, 5.74) is 0.738. The van der Waals surface area contributed by atoms with E-state index >= 15 is 0 Å². The van der Waals surface area contributed by atoms with Crippen molar-refractivity contribution in [2.24, 2.45) is 0 Å². The van der Waals surface area contributed by atoms with Gasteiger partial charge in [-0.05, 0) is 24.3 Å². The Balaban J connectivity index is 1.44. The first kappa shape index (κ1) is 16.8. The van der Waals surface area contributed by atoms with Crippen LogP contribution in [0.2, 0.25) is 0 Å². The first-order valence-electron chi connectivity index (χ1n) is 8.08. The van der Waals surface area contributed by atoms with Gasteiger partial charge in [-0.1, -0.05) is 18.2 Å². The highest BCUT2D eigenvalue weighted by Crippen LogP contribution is 2.19. The summed E-state index contributed by atoms with van der Waals surface area (Å²) in [6.07, 6.45) is 2.19. The van der Waals surface area contributed by atoms with Crippen molar-refractivity contribution in [3.63, 3.8) is 0 Å². The van der Waals surface area contributed by atoms with Crippen molar-refractivity contribution in [1.29, 1.82) is 0 Å². The second-order valence-electron chi connectivity index (χ2n) is 5.46. The zero-order valence-corrected chi connectivity index (χ0v) is 14.3. The molecule has 0 radical (unpaired) electrons. The summed E-state index contributed by atoms with van der Waals surface area (Å²) in [5, 5.41) is 2.90. The van der Waals surface area contributed by atoms with Gasteiger partial charge in [0.15, 0.2) is 0 Å². The number of morpholine rings is 1. The van der Waals surface area contributed by atoms with Gasteiger partial charge >= 0.3 is 0 Å². The lowest BCUT2D eigenvalue weighted by atomic mass is 10.3. The maximum atomic E-state index is 12.0. The molecule has 1 aliphatic rings. The lowest BCUT2D eigenvalue weighted by molar-refractivity contribution is -0.115.